The SMILES string of the molecule is CCC1(CN2CCC3(CC2)CC3(F)F)CC1. The van der Waals surface area contributed by atoms with Crippen molar-refractivity contribution < 1.29 is 8.78 Å². The molecule has 0 radical (unpaired) electrons. The second-order valence-corrected chi connectivity index (χ2v) is 6.29. The van der Waals surface area contributed by atoms with Gasteiger partial charge in [-0.05, 0) is 50.6 Å². The number of hydrogen-bond acceptors (Lipinski definition) is 1. The van der Waals surface area contributed by atoms with Crippen molar-refractivity contribution in [3.8, 4) is 0 Å². The molecule has 3 aliphatic rings. The highest BCUT2D eigenvalue weighted by Gasteiger charge is 2.70. The van der Waals surface area contributed by atoms with Crippen LogP contribution in [-0.2, 0) is 0 Å². The zero-order valence-corrected chi connectivity index (χ0v) is 10.1. The van der Waals surface area contributed by atoms with Crippen LogP contribution >= 0.6 is 0 Å². The lowest BCUT2D eigenvalue weighted by Crippen LogP contribution is -2.39. The molecule has 3 fully saturated rings. The zero-order valence-electron chi connectivity index (χ0n) is 10.1. The molecule has 2 saturated carbocycles. The maximum atomic E-state index is 13.2. The predicted octanol–water partition coefficient (Wildman–Crippen LogP) is 3.30. The smallest absolute Gasteiger partial charge is 0.254 e. The van der Waals surface area contributed by atoms with Crippen LogP contribution in [0, 0.1) is 10.8 Å². The molecule has 1 heterocycles. The average molecular weight is 229 g/mol. The molecule has 0 bridgehead atoms. The van der Waals surface area contributed by atoms with Crippen LogP contribution in [0.4, 0.5) is 8.78 Å². The van der Waals surface area contributed by atoms with E-state index in [1.165, 1.54) is 19.3 Å². The molecule has 1 nitrogen and oxygen atoms in total. The van der Waals surface area contributed by atoms with Gasteiger partial charge >= 0.3 is 0 Å². The van der Waals surface area contributed by atoms with Gasteiger partial charge in [0, 0.05) is 18.4 Å². The standard InChI is InChI=1S/C13H21F2N/c1-2-11(3-4-11)10-16-7-5-12(6-8-16)9-13(12,14)15/h2-10H2,1H3. The maximum absolute atomic E-state index is 13.2. The van der Waals surface area contributed by atoms with E-state index in [1.54, 1.807) is 0 Å². The van der Waals surface area contributed by atoms with Crippen molar-refractivity contribution in [3.05, 3.63) is 0 Å². The number of rotatable bonds is 3. The van der Waals surface area contributed by atoms with Crippen LogP contribution in [0.3, 0.4) is 0 Å². The monoisotopic (exact) mass is 229 g/mol. The Hall–Kier alpha value is -0.180. The molecule has 3 rings (SSSR count). The van der Waals surface area contributed by atoms with Gasteiger partial charge in [0.25, 0.3) is 5.92 Å². The summed E-state index contributed by atoms with van der Waals surface area (Å²) < 4.78 is 26.4. The molecule has 0 aromatic rings. The van der Waals surface area contributed by atoms with Gasteiger partial charge in [-0.15, -0.1) is 0 Å². The summed E-state index contributed by atoms with van der Waals surface area (Å²) >= 11 is 0. The molecule has 2 aliphatic carbocycles. The van der Waals surface area contributed by atoms with Crippen molar-refractivity contribution >= 4 is 0 Å². The largest absolute Gasteiger partial charge is 0.303 e. The van der Waals surface area contributed by atoms with E-state index in [0.717, 1.165) is 32.5 Å². The number of nitrogens with zero attached hydrogens (tertiary/aromatic N) is 1. The van der Waals surface area contributed by atoms with Gasteiger partial charge in [-0.2, -0.15) is 0 Å². The number of halogens is 2. The van der Waals surface area contributed by atoms with Gasteiger partial charge < -0.3 is 4.90 Å². The average Bonchev–Trinajstić information content (AvgIpc) is 3.11. The summed E-state index contributed by atoms with van der Waals surface area (Å²) in [4.78, 5) is 2.43. The summed E-state index contributed by atoms with van der Waals surface area (Å²) in [7, 11) is 0. The molecule has 1 aliphatic heterocycles. The molecular formula is C13H21F2N. The summed E-state index contributed by atoms with van der Waals surface area (Å²) in [6.07, 6.45) is 5.56. The second kappa shape index (κ2) is 3.18. The molecule has 0 aromatic carbocycles. The van der Waals surface area contributed by atoms with E-state index in [9.17, 15) is 8.78 Å². The first-order valence-electron chi connectivity index (χ1n) is 6.61. The molecular weight excluding hydrogens is 208 g/mol. The fraction of sp³-hybridized carbons (Fsp3) is 1.00. The molecule has 0 atom stereocenters. The van der Waals surface area contributed by atoms with Crippen molar-refractivity contribution in [2.24, 2.45) is 10.8 Å². The lowest BCUT2D eigenvalue weighted by molar-refractivity contribution is 0.0274. The summed E-state index contributed by atoms with van der Waals surface area (Å²) in [6, 6.07) is 0. The lowest BCUT2D eigenvalue weighted by Gasteiger charge is -2.34. The molecule has 0 unspecified atom stereocenters. The fourth-order valence-corrected chi connectivity index (χ4v) is 3.34. The van der Waals surface area contributed by atoms with Crippen molar-refractivity contribution in [2.75, 3.05) is 19.6 Å². The molecule has 1 saturated heterocycles. The minimum Gasteiger partial charge on any atom is -0.303 e. The zero-order chi connectivity index (χ0) is 11.4. The Labute approximate surface area is 96.2 Å². The third kappa shape index (κ3) is 1.59. The van der Waals surface area contributed by atoms with Crippen LogP contribution in [0.1, 0.15) is 45.4 Å². The molecule has 1 spiro atoms. The fourth-order valence-electron chi connectivity index (χ4n) is 3.34. The first kappa shape index (κ1) is 10.9. The van der Waals surface area contributed by atoms with Crippen LogP contribution in [0.25, 0.3) is 0 Å². The Morgan fingerprint density at radius 3 is 2.00 bits per heavy atom. The van der Waals surface area contributed by atoms with Crippen molar-refractivity contribution in [2.45, 2.75) is 51.4 Å². The minimum atomic E-state index is -2.33. The van der Waals surface area contributed by atoms with Gasteiger partial charge in [0.05, 0.1) is 0 Å². The Bertz CT molecular complexity index is 288. The van der Waals surface area contributed by atoms with E-state index >= 15 is 0 Å². The summed E-state index contributed by atoms with van der Waals surface area (Å²) in [6.45, 7) is 5.22. The summed E-state index contributed by atoms with van der Waals surface area (Å²) in [5.41, 5.74) is -0.0109. The maximum Gasteiger partial charge on any atom is 0.254 e. The van der Waals surface area contributed by atoms with Crippen LogP contribution in [-0.4, -0.2) is 30.5 Å². The third-order valence-corrected chi connectivity index (χ3v) is 5.29. The summed E-state index contributed by atoms with van der Waals surface area (Å²) in [5, 5.41) is 0. The van der Waals surface area contributed by atoms with E-state index in [1.807, 2.05) is 0 Å². The number of hydrogen-bond donors (Lipinski definition) is 0. The van der Waals surface area contributed by atoms with Gasteiger partial charge in [-0.25, -0.2) is 8.78 Å². The molecule has 16 heavy (non-hydrogen) atoms. The van der Waals surface area contributed by atoms with Crippen molar-refractivity contribution in [1.29, 1.82) is 0 Å². The Kier molecular flexibility index (Phi) is 2.18. The first-order valence-corrected chi connectivity index (χ1v) is 6.61. The first-order chi connectivity index (χ1) is 7.51. The topological polar surface area (TPSA) is 3.24 Å². The Morgan fingerprint density at radius 1 is 1.06 bits per heavy atom. The minimum absolute atomic E-state index is 0.159. The van der Waals surface area contributed by atoms with Crippen LogP contribution in [0.2, 0.25) is 0 Å². The molecule has 0 aromatic heterocycles. The molecule has 0 amide bonds. The second-order valence-electron chi connectivity index (χ2n) is 6.29. The highest BCUT2D eigenvalue weighted by Crippen LogP contribution is 2.66. The van der Waals surface area contributed by atoms with E-state index in [2.05, 4.69) is 11.8 Å². The molecule has 0 N–H and O–H groups in total. The van der Waals surface area contributed by atoms with Crippen molar-refractivity contribution in [1.82, 2.24) is 4.90 Å². The summed E-state index contributed by atoms with van der Waals surface area (Å²) in [5.74, 6) is -2.33. The highest BCUT2D eigenvalue weighted by molar-refractivity contribution is 5.12. The predicted molar refractivity (Wildman–Crippen MR) is 59.6 cm³/mol. The number of piperidine rings is 1. The van der Waals surface area contributed by atoms with Crippen LogP contribution in [0.15, 0.2) is 0 Å². The van der Waals surface area contributed by atoms with Gasteiger partial charge in [-0.1, -0.05) is 6.92 Å². The lowest BCUT2D eigenvalue weighted by atomic mass is 9.91. The molecule has 3 heteroatoms. The van der Waals surface area contributed by atoms with E-state index < -0.39 is 11.3 Å². The number of alkyl halides is 2. The quantitative estimate of drug-likeness (QED) is 0.717. The Balaban J connectivity index is 1.52. The van der Waals surface area contributed by atoms with Crippen LogP contribution in [0.5, 0.6) is 0 Å². The number of likely N-dealkylation sites (tertiary alicyclic amines) is 1. The van der Waals surface area contributed by atoms with Crippen molar-refractivity contribution in [3.63, 3.8) is 0 Å². The Morgan fingerprint density at radius 2 is 1.62 bits per heavy atom. The van der Waals surface area contributed by atoms with Gasteiger partial charge in [-0.3, -0.25) is 0 Å². The third-order valence-electron chi connectivity index (χ3n) is 5.29. The van der Waals surface area contributed by atoms with Crippen LogP contribution < -0.4 is 0 Å². The van der Waals surface area contributed by atoms with E-state index in [-0.39, 0.29) is 6.42 Å². The van der Waals surface area contributed by atoms with Gasteiger partial charge in [0.15, 0.2) is 0 Å². The van der Waals surface area contributed by atoms with E-state index in [0.29, 0.717) is 5.41 Å². The van der Waals surface area contributed by atoms with Gasteiger partial charge in [0.2, 0.25) is 0 Å². The normalized spacial score (nSPS) is 33.9. The highest BCUT2D eigenvalue weighted by atomic mass is 19.3. The van der Waals surface area contributed by atoms with E-state index in [4.69, 9.17) is 0 Å². The van der Waals surface area contributed by atoms with Gasteiger partial charge in [0.1, 0.15) is 0 Å². The molecule has 92 valence electrons.